The summed E-state index contributed by atoms with van der Waals surface area (Å²) in [6, 6.07) is 8.96. The van der Waals surface area contributed by atoms with E-state index in [0.29, 0.717) is 16.1 Å². The van der Waals surface area contributed by atoms with E-state index < -0.39 is 0 Å². The lowest BCUT2D eigenvalue weighted by Crippen LogP contribution is -2.19. The van der Waals surface area contributed by atoms with E-state index >= 15 is 0 Å². The fourth-order valence-electron chi connectivity index (χ4n) is 4.34. The molecule has 2 aromatic rings. The van der Waals surface area contributed by atoms with Gasteiger partial charge in [-0.3, -0.25) is 4.79 Å². The summed E-state index contributed by atoms with van der Waals surface area (Å²) in [4.78, 5) is 17.8. The van der Waals surface area contributed by atoms with Gasteiger partial charge >= 0.3 is 0 Å². The van der Waals surface area contributed by atoms with Crippen molar-refractivity contribution in [2.24, 2.45) is 4.99 Å². The number of nitrogens with zero attached hydrogens (tertiary/aromatic N) is 2. The van der Waals surface area contributed by atoms with Gasteiger partial charge in [-0.25, -0.2) is 4.99 Å². The number of amides is 1. The minimum absolute atomic E-state index is 0.0702. The SMILES string of the molecule is Cc1ccc(N=C2NC(=O)/C(=C/c3cc(C)n(C4CCCC4)c3C)S2)c(C)c1. The average Bonchev–Trinajstić information content (AvgIpc) is 3.33. The number of nitrogens with one attached hydrogen (secondary N) is 1. The highest BCUT2D eigenvalue weighted by Crippen LogP contribution is 2.35. The van der Waals surface area contributed by atoms with Crippen LogP contribution in [0.3, 0.4) is 0 Å². The van der Waals surface area contributed by atoms with Gasteiger partial charge in [-0.1, -0.05) is 30.5 Å². The molecule has 1 saturated heterocycles. The van der Waals surface area contributed by atoms with Gasteiger partial charge in [-0.05, 0) is 81.6 Å². The van der Waals surface area contributed by atoms with Crippen LogP contribution in [0.15, 0.2) is 34.2 Å². The lowest BCUT2D eigenvalue weighted by molar-refractivity contribution is -0.115. The summed E-state index contributed by atoms with van der Waals surface area (Å²) in [5, 5.41) is 3.56. The molecule has 1 amide bonds. The molecular weight excluding hydrogens is 366 g/mol. The summed E-state index contributed by atoms with van der Waals surface area (Å²) in [5.41, 5.74) is 6.89. The van der Waals surface area contributed by atoms with Crippen LogP contribution in [-0.2, 0) is 4.79 Å². The molecule has 4 rings (SSSR count). The zero-order valence-corrected chi connectivity index (χ0v) is 17.8. The van der Waals surface area contributed by atoms with Crippen LogP contribution in [0.1, 0.15) is 59.8 Å². The Morgan fingerprint density at radius 1 is 1.14 bits per heavy atom. The predicted molar refractivity (Wildman–Crippen MR) is 118 cm³/mol. The molecule has 28 heavy (non-hydrogen) atoms. The Kier molecular flexibility index (Phi) is 5.19. The van der Waals surface area contributed by atoms with E-state index in [4.69, 9.17) is 0 Å². The van der Waals surface area contributed by atoms with Crippen LogP contribution < -0.4 is 5.32 Å². The van der Waals surface area contributed by atoms with Crippen LogP contribution >= 0.6 is 11.8 Å². The minimum atomic E-state index is -0.0702. The Balaban J connectivity index is 1.60. The first-order valence-corrected chi connectivity index (χ1v) is 10.8. The molecule has 0 unspecified atom stereocenters. The number of aryl methyl sites for hydroxylation is 3. The minimum Gasteiger partial charge on any atom is -0.346 e. The summed E-state index contributed by atoms with van der Waals surface area (Å²) in [6.07, 6.45) is 7.16. The van der Waals surface area contributed by atoms with Crippen LogP contribution in [0.25, 0.3) is 6.08 Å². The molecule has 2 aliphatic rings. The Morgan fingerprint density at radius 3 is 2.61 bits per heavy atom. The second-order valence-corrected chi connectivity index (χ2v) is 8.94. The highest BCUT2D eigenvalue weighted by Gasteiger charge is 2.26. The van der Waals surface area contributed by atoms with E-state index in [1.165, 1.54) is 54.4 Å². The fraction of sp³-hybridized carbons (Fsp3) is 0.391. The molecule has 146 valence electrons. The van der Waals surface area contributed by atoms with Crippen LogP contribution in [-0.4, -0.2) is 15.6 Å². The van der Waals surface area contributed by atoms with Gasteiger partial charge in [0.15, 0.2) is 5.17 Å². The van der Waals surface area contributed by atoms with Crippen molar-refractivity contribution in [3.8, 4) is 0 Å². The summed E-state index contributed by atoms with van der Waals surface area (Å²) >= 11 is 1.42. The molecule has 5 heteroatoms. The Hall–Kier alpha value is -2.27. The van der Waals surface area contributed by atoms with E-state index in [9.17, 15) is 4.79 Å². The number of hydrogen-bond acceptors (Lipinski definition) is 3. The number of rotatable bonds is 3. The van der Waals surface area contributed by atoms with Crippen molar-refractivity contribution in [1.82, 2.24) is 9.88 Å². The van der Waals surface area contributed by atoms with Crippen LogP contribution in [0.4, 0.5) is 5.69 Å². The highest BCUT2D eigenvalue weighted by molar-refractivity contribution is 8.18. The number of carbonyl (C=O) groups is 1. The van der Waals surface area contributed by atoms with E-state index in [-0.39, 0.29) is 5.91 Å². The summed E-state index contributed by atoms with van der Waals surface area (Å²) < 4.78 is 2.46. The van der Waals surface area contributed by atoms with Crippen LogP contribution in [0, 0.1) is 27.7 Å². The van der Waals surface area contributed by atoms with Crippen molar-refractivity contribution >= 4 is 34.6 Å². The van der Waals surface area contributed by atoms with Gasteiger partial charge in [-0.2, -0.15) is 0 Å². The Labute approximate surface area is 171 Å². The van der Waals surface area contributed by atoms with Crippen LogP contribution in [0.2, 0.25) is 0 Å². The van der Waals surface area contributed by atoms with Gasteiger partial charge in [0.05, 0.1) is 10.6 Å². The molecule has 1 aromatic heterocycles. The predicted octanol–water partition coefficient (Wildman–Crippen LogP) is 5.73. The number of benzene rings is 1. The molecule has 1 N–H and O–H groups in total. The second kappa shape index (κ2) is 7.63. The van der Waals surface area contributed by atoms with E-state index in [1.807, 2.05) is 25.1 Å². The molecule has 2 fully saturated rings. The van der Waals surface area contributed by atoms with Gasteiger partial charge in [-0.15, -0.1) is 0 Å². The van der Waals surface area contributed by atoms with Crippen molar-refractivity contribution in [3.63, 3.8) is 0 Å². The third kappa shape index (κ3) is 3.68. The van der Waals surface area contributed by atoms with Gasteiger partial charge < -0.3 is 9.88 Å². The molecule has 0 spiro atoms. The average molecular weight is 394 g/mol. The van der Waals surface area contributed by atoms with Gasteiger partial charge in [0, 0.05) is 17.4 Å². The van der Waals surface area contributed by atoms with Gasteiger partial charge in [0.25, 0.3) is 5.91 Å². The quantitative estimate of drug-likeness (QED) is 0.677. The maximum absolute atomic E-state index is 12.5. The third-order valence-corrected chi connectivity index (χ3v) is 6.63. The van der Waals surface area contributed by atoms with Crippen molar-refractivity contribution in [1.29, 1.82) is 0 Å². The lowest BCUT2D eigenvalue weighted by Gasteiger charge is -2.17. The highest BCUT2D eigenvalue weighted by atomic mass is 32.2. The number of hydrogen-bond donors (Lipinski definition) is 1. The standard InChI is InChI=1S/C23H27N3OS/c1-14-9-10-20(15(2)11-14)24-23-25-22(27)21(28-23)13-18-12-16(3)26(17(18)4)19-7-5-6-8-19/h9-13,19H,5-8H2,1-4H3,(H,24,25,27)/b21-13-. The first kappa shape index (κ1) is 19.1. The first-order valence-electron chi connectivity index (χ1n) is 9.97. The van der Waals surface area contributed by atoms with Crippen molar-refractivity contribution in [2.45, 2.75) is 59.4 Å². The molecular formula is C23H27N3OS. The molecule has 1 aliphatic heterocycles. The normalized spacial score (nSPS) is 20.5. The van der Waals surface area contributed by atoms with Crippen molar-refractivity contribution in [3.05, 3.63) is 57.2 Å². The molecule has 1 aliphatic carbocycles. The topological polar surface area (TPSA) is 46.4 Å². The molecule has 0 bridgehead atoms. The summed E-state index contributed by atoms with van der Waals surface area (Å²) in [5.74, 6) is -0.0702. The fourth-order valence-corrected chi connectivity index (χ4v) is 5.16. The Morgan fingerprint density at radius 2 is 1.89 bits per heavy atom. The zero-order valence-electron chi connectivity index (χ0n) is 17.0. The summed E-state index contributed by atoms with van der Waals surface area (Å²) in [7, 11) is 0. The second-order valence-electron chi connectivity index (χ2n) is 7.91. The van der Waals surface area contributed by atoms with E-state index in [0.717, 1.165) is 16.8 Å². The first-order chi connectivity index (χ1) is 13.4. The lowest BCUT2D eigenvalue weighted by atomic mass is 10.1. The third-order valence-electron chi connectivity index (χ3n) is 5.73. The molecule has 1 saturated carbocycles. The maximum atomic E-state index is 12.5. The number of amidine groups is 1. The van der Waals surface area contributed by atoms with Crippen molar-refractivity contribution < 1.29 is 4.79 Å². The monoisotopic (exact) mass is 393 g/mol. The van der Waals surface area contributed by atoms with E-state index in [2.05, 4.69) is 47.8 Å². The van der Waals surface area contributed by atoms with Gasteiger partial charge in [0.2, 0.25) is 0 Å². The molecule has 0 radical (unpaired) electrons. The van der Waals surface area contributed by atoms with E-state index in [1.54, 1.807) is 0 Å². The van der Waals surface area contributed by atoms with Crippen molar-refractivity contribution in [2.75, 3.05) is 0 Å². The number of carbonyl (C=O) groups excluding carboxylic acids is 1. The maximum Gasteiger partial charge on any atom is 0.264 e. The van der Waals surface area contributed by atoms with Gasteiger partial charge in [0.1, 0.15) is 0 Å². The zero-order chi connectivity index (χ0) is 19.8. The number of aromatic nitrogens is 1. The summed E-state index contributed by atoms with van der Waals surface area (Å²) in [6.45, 7) is 8.45. The van der Waals surface area contributed by atoms with Crippen LogP contribution in [0.5, 0.6) is 0 Å². The molecule has 1 aromatic carbocycles. The smallest absolute Gasteiger partial charge is 0.264 e. The number of thioether (sulfide) groups is 1. The molecule has 2 heterocycles. The Bertz CT molecular complexity index is 994. The molecule has 4 nitrogen and oxygen atoms in total. The molecule has 0 atom stereocenters. The largest absolute Gasteiger partial charge is 0.346 e. The number of aliphatic imine (C=N–C) groups is 1.